The summed E-state index contributed by atoms with van der Waals surface area (Å²) in [5.74, 6) is 1.22. The quantitative estimate of drug-likeness (QED) is 0.447. The number of nitriles is 1. The number of carbonyl (C=O) groups is 2. The molecule has 6 rings (SSSR count). The Morgan fingerprint density at radius 3 is 2.64 bits per heavy atom. The van der Waals surface area contributed by atoms with Gasteiger partial charge >= 0.3 is 0 Å². The fourth-order valence-corrected chi connectivity index (χ4v) is 6.27. The molecule has 0 bridgehead atoms. The van der Waals surface area contributed by atoms with Crippen LogP contribution in [0.3, 0.4) is 0 Å². The van der Waals surface area contributed by atoms with Crippen molar-refractivity contribution >= 4 is 23.5 Å². The summed E-state index contributed by atoms with van der Waals surface area (Å²) in [5, 5.41) is 19.0. The summed E-state index contributed by atoms with van der Waals surface area (Å²) in [6, 6.07) is 9.28. The number of likely N-dealkylation sites (tertiary alicyclic amines) is 1. The van der Waals surface area contributed by atoms with E-state index in [0.29, 0.717) is 23.3 Å². The smallest absolute Gasteiger partial charge is 0.252 e. The molecule has 3 aliphatic rings. The molecule has 10 nitrogen and oxygen atoms in total. The Morgan fingerprint density at radius 1 is 1.15 bits per heavy atom. The largest absolute Gasteiger partial charge is 0.342 e. The zero-order valence-corrected chi connectivity index (χ0v) is 22.1. The third kappa shape index (κ3) is 4.85. The molecule has 3 fully saturated rings. The molecule has 2 aliphatic carbocycles. The third-order valence-corrected chi connectivity index (χ3v) is 8.54. The second-order valence-electron chi connectivity index (χ2n) is 11.0. The van der Waals surface area contributed by atoms with Gasteiger partial charge in [-0.05, 0) is 62.6 Å². The van der Waals surface area contributed by atoms with Crippen molar-refractivity contribution in [1.82, 2.24) is 30.0 Å². The summed E-state index contributed by atoms with van der Waals surface area (Å²) < 4.78 is 1.99. The number of carbonyl (C=O) groups excluding carboxylic acids is 2. The molecule has 200 valence electrons. The first-order chi connectivity index (χ1) is 19.0. The predicted molar refractivity (Wildman–Crippen MR) is 145 cm³/mol. The Labute approximate surface area is 227 Å². The van der Waals surface area contributed by atoms with Crippen molar-refractivity contribution in [3.8, 4) is 17.3 Å². The van der Waals surface area contributed by atoms with Crippen LogP contribution in [0.25, 0.3) is 11.3 Å². The topological polar surface area (TPSA) is 129 Å². The molecule has 0 spiro atoms. The van der Waals surface area contributed by atoms with Crippen LogP contribution in [0.1, 0.15) is 60.5 Å². The number of hydrogen-bond acceptors (Lipinski definition) is 7. The molecular weight excluding hydrogens is 492 g/mol. The van der Waals surface area contributed by atoms with E-state index < -0.39 is 0 Å². The van der Waals surface area contributed by atoms with E-state index in [1.54, 1.807) is 24.5 Å². The molecule has 2 saturated carbocycles. The predicted octanol–water partition coefficient (Wildman–Crippen LogP) is 4.00. The van der Waals surface area contributed by atoms with Crippen molar-refractivity contribution < 1.29 is 9.59 Å². The highest BCUT2D eigenvalue weighted by Gasteiger charge is 2.63. The van der Waals surface area contributed by atoms with Gasteiger partial charge in [-0.1, -0.05) is 18.6 Å². The average molecular weight is 525 g/mol. The van der Waals surface area contributed by atoms with Crippen LogP contribution in [0.2, 0.25) is 0 Å². The highest BCUT2D eigenvalue weighted by Crippen LogP contribution is 2.64. The molecule has 2 unspecified atom stereocenters. The number of rotatable bonds is 7. The minimum absolute atomic E-state index is 0.00277. The summed E-state index contributed by atoms with van der Waals surface area (Å²) in [4.78, 5) is 36.4. The maximum atomic E-state index is 13.1. The van der Waals surface area contributed by atoms with Crippen LogP contribution < -0.4 is 10.6 Å². The van der Waals surface area contributed by atoms with Gasteiger partial charge in [-0.2, -0.15) is 10.4 Å². The van der Waals surface area contributed by atoms with E-state index in [2.05, 4.69) is 25.6 Å². The van der Waals surface area contributed by atoms with Gasteiger partial charge < -0.3 is 15.5 Å². The summed E-state index contributed by atoms with van der Waals surface area (Å²) >= 11 is 0. The lowest BCUT2D eigenvalue weighted by molar-refractivity contribution is -0.138. The monoisotopic (exact) mass is 524 g/mol. The standard InChI is InChI=1S/C29H32N8O2/c1-19-16-32-28(35-25(19)20-4-6-21(7-5-20)26(38)31-12-11-30)34-23-17-33-37(18-23)24-8-13-36(14-9-24)27(39)29-10-2-3-22(29)15-29/h4-7,16-18,22,24H,2-3,8-10,12-15H2,1H3,(H,31,38)(H,32,34,35). The van der Waals surface area contributed by atoms with Crippen molar-refractivity contribution in [2.24, 2.45) is 11.3 Å². The van der Waals surface area contributed by atoms with Crippen molar-refractivity contribution in [2.45, 2.75) is 51.5 Å². The molecule has 0 radical (unpaired) electrons. The van der Waals surface area contributed by atoms with Crippen LogP contribution in [0.5, 0.6) is 0 Å². The second-order valence-corrected chi connectivity index (χ2v) is 11.0. The molecule has 2 aromatic heterocycles. The van der Waals surface area contributed by atoms with Gasteiger partial charge in [0.15, 0.2) is 0 Å². The first-order valence-electron chi connectivity index (χ1n) is 13.7. The van der Waals surface area contributed by atoms with E-state index in [4.69, 9.17) is 10.2 Å². The molecule has 1 aromatic carbocycles. The lowest BCUT2D eigenvalue weighted by Gasteiger charge is -2.34. The Hall–Kier alpha value is -4.26. The molecule has 1 saturated heterocycles. The first-order valence-corrected chi connectivity index (χ1v) is 13.7. The maximum Gasteiger partial charge on any atom is 0.252 e. The van der Waals surface area contributed by atoms with E-state index >= 15 is 0 Å². The van der Waals surface area contributed by atoms with Crippen molar-refractivity contribution in [3.05, 3.63) is 54.0 Å². The Balaban J connectivity index is 1.08. The minimum atomic E-state index is -0.288. The van der Waals surface area contributed by atoms with Crippen LogP contribution in [-0.4, -0.2) is 56.1 Å². The minimum Gasteiger partial charge on any atom is -0.342 e. The van der Waals surface area contributed by atoms with Crippen molar-refractivity contribution in [2.75, 3.05) is 25.0 Å². The second kappa shape index (κ2) is 10.1. The van der Waals surface area contributed by atoms with Crippen LogP contribution in [-0.2, 0) is 4.79 Å². The fraction of sp³-hybridized carbons (Fsp3) is 0.448. The summed E-state index contributed by atoms with van der Waals surface area (Å²) in [6.45, 7) is 3.50. The van der Waals surface area contributed by atoms with Crippen LogP contribution >= 0.6 is 0 Å². The number of hydrogen-bond donors (Lipinski definition) is 2. The zero-order chi connectivity index (χ0) is 27.0. The van der Waals surface area contributed by atoms with E-state index in [1.807, 2.05) is 36.0 Å². The third-order valence-electron chi connectivity index (χ3n) is 8.54. The molecule has 2 amide bonds. The molecule has 39 heavy (non-hydrogen) atoms. The normalized spacial score (nSPS) is 22.2. The summed E-state index contributed by atoms with van der Waals surface area (Å²) in [6.07, 6.45) is 12.0. The van der Waals surface area contributed by atoms with E-state index in [9.17, 15) is 9.59 Å². The zero-order valence-electron chi connectivity index (χ0n) is 22.1. The lowest BCUT2D eigenvalue weighted by Crippen LogP contribution is -2.43. The van der Waals surface area contributed by atoms with Gasteiger partial charge in [-0.3, -0.25) is 14.3 Å². The number of amides is 2. The van der Waals surface area contributed by atoms with Gasteiger partial charge in [-0.15, -0.1) is 0 Å². The van der Waals surface area contributed by atoms with E-state index in [-0.39, 0.29) is 23.9 Å². The van der Waals surface area contributed by atoms with Gasteiger partial charge in [-0.25, -0.2) is 9.97 Å². The first kappa shape index (κ1) is 25.0. The van der Waals surface area contributed by atoms with Crippen molar-refractivity contribution in [1.29, 1.82) is 5.26 Å². The van der Waals surface area contributed by atoms with Crippen LogP contribution in [0.15, 0.2) is 42.9 Å². The number of fused-ring (bicyclic) bond motifs is 1. The van der Waals surface area contributed by atoms with Gasteiger partial charge in [0.2, 0.25) is 11.9 Å². The highest BCUT2D eigenvalue weighted by molar-refractivity contribution is 5.94. The summed E-state index contributed by atoms with van der Waals surface area (Å²) in [5.41, 5.74) is 3.82. The lowest BCUT2D eigenvalue weighted by atomic mass is 9.98. The Bertz CT molecular complexity index is 1430. The maximum absolute atomic E-state index is 13.1. The average Bonchev–Trinajstić information content (AvgIpc) is 3.27. The molecule has 1 aliphatic heterocycles. The number of nitrogens with zero attached hydrogens (tertiary/aromatic N) is 6. The SMILES string of the molecule is Cc1cnc(Nc2cnn(C3CCN(C(=O)C45CCCC4C5)CC3)c2)nc1-c1ccc(C(=O)NCC#N)cc1. The fourth-order valence-electron chi connectivity index (χ4n) is 6.27. The molecule has 10 heteroatoms. The van der Waals surface area contributed by atoms with E-state index in [1.165, 1.54) is 12.8 Å². The van der Waals surface area contributed by atoms with Gasteiger partial charge in [0, 0.05) is 36.6 Å². The van der Waals surface area contributed by atoms with Crippen molar-refractivity contribution in [3.63, 3.8) is 0 Å². The number of nitrogens with one attached hydrogen (secondary N) is 2. The molecule has 3 heterocycles. The van der Waals surface area contributed by atoms with E-state index in [0.717, 1.165) is 61.3 Å². The van der Waals surface area contributed by atoms with Gasteiger partial charge in [0.25, 0.3) is 5.91 Å². The Kier molecular flexibility index (Phi) is 6.51. The number of aromatic nitrogens is 4. The number of piperidine rings is 1. The van der Waals surface area contributed by atoms with Gasteiger partial charge in [0.1, 0.15) is 6.54 Å². The molecule has 2 atom stereocenters. The Morgan fingerprint density at radius 2 is 1.95 bits per heavy atom. The molecule has 3 aromatic rings. The van der Waals surface area contributed by atoms with Crippen LogP contribution in [0.4, 0.5) is 11.6 Å². The highest BCUT2D eigenvalue weighted by atomic mass is 16.2. The number of benzene rings is 1. The number of anilines is 2. The molecular formula is C29H32N8O2. The summed E-state index contributed by atoms with van der Waals surface area (Å²) in [7, 11) is 0. The van der Waals surface area contributed by atoms with Crippen LogP contribution in [0, 0.1) is 29.6 Å². The number of aryl methyl sites for hydroxylation is 1. The molecule has 2 N–H and O–H groups in total. The van der Waals surface area contributed by atoms with Gasteiger partial charge in [0.05, 0.1) is 35.1 Å².